The summed E-state index contributed by atoms with van der Waals surface area (Å²) in [7, 11) is 0. The molecule has 0 aromatic carbocycles. The SMILES string of the molecule is NNC(CCC(F)(F)F)c1ncc[nH]1. The van der Waals surface area contributed by atoms with Crippen molar-refractivity contribution in [2.24, 2.45) is 5.84 Å². The minimum absolute atomic E-state index is 0.131. The summed E-state index contributed by atoms with van der Waals surface area (Å²) in [5.41, 5.74) is 2.28. The van der Waals surface area contributed by atoms with E-state index in [-0.39, 0.29) is 6.42 Å². The van der Waals surface area contributed by atoms with Crippen LogP contribution >= 0.6 is 0 Å². The molecule has 0 fully saturated rings. The number of alkyl halides is 3. The first-order chi connectivity index (χ1) is 6.53. The number of hydrogen-bond acceptors (Lipinski definition) is 3. The molecule has 1 aromatic rings. The lowest BCUT2D eigenvalue weighted by Crippen LogP contribution is -2.30. The molecule has 14 heavy (non-hydrogen) atoms. The Morgan fingerprint density at radius 3 is 2.71 bits per heavy atom. The van der Waals surface area contributed by atoms with Gasteiger partial charge in [0.25, 0.3) is 0 Å². The first kappa shape index (κ1) is 11.0. The van der Waals surface area contributed by atoms with Crippen LogP contribution in [-0.4, -0.2) is 16.1 Å². The molecule has 1 aromatic heterocycles. The Morgan fingerprint density at radius 1 is 1.57 bits per heavy atom. The minimum Gasteiger partial charge on any atom is -0.347 e. The fourth-order valence-electron chi connectivity index (χ4n) is 1.08. The van der Waals surface area contributed by atoms with E-state index < -0.39 is 18.6 Å². The van der Waals surface area contributed by atoms with Crippen molar-refractivity contribution in [3.8, 4) is 0 Å². The molecule has 80 valence electrons. The maximum absolute atomic E-state index is 11.9. The Kier molecular flexibility index (Phi) is 3.48. The number of hydrazine groups is 1. The van der Waals surface area contributed by atoms with Crippen LogP contribution in [0, 0.1) is 0 Å². The van der Waals surface area contributed by atoms with E-state index in [1.165, 1.54) is 12.4 Å². The van der Waals surface area contributed by atoms with Gasteiger partial charge in [0.2, 0.25) is 0 Å². The van der Waals surface area contributed by atoms with E-state index in [1.807, 2.05) is 0 Å². The van der Waals surface area contributed by atoms with Gasteiger partial charge in [-0.15, -0.1) is 0 Å². The Hall–Kier alpha value is -1.08. The summed E-state index contributed by atoms with van der Waals surface area (Å²) in [6.07, 6.45) is -2.18. The molecule has 0 aliphatic carbocycles. The standard InChI is InChI=1S/C7H11F3N4/c8-7(9,10)2-1-5(14-11)6-12-3-4-13-6/h3-5,14H,1-2,11H2,(H,12,13). The largest absolute Gasteiger partial charge is 0.389 e. The number of aromatic nitrogens is 2. The number of H-pyrrole nitrogens is 1. The fourth-order valence-corrected chi connectivity index (χ4v) is 1.08. The van der Waals surface area contributed by atoms with Crippen molar-refractivity contribution in [1.82, 2.24) is 15.4 Å². The van der Waals surface area contributed by atoms with Crippen LogP contribution in [0.2, 0.25) is 0 Å². The number of halogens is 3. The second-order valence-corrected chi connectivity index (χ2v) is 2.85. The van der Waals surface area contributed by atoms with E-state index in [9.17, 15) is 13.2 Å². The second kappa shape index (κ2) is 4.43. The lowest BCUT2D eigenvalue weighted by molar-refractivity contribution is -0.136. The van der Waals surface area contributed by atoms with Crippen molar-refractivity contribution in [3.63, 3.8) is 0 Å². The molecule has 1 atom stereocenters. The molecule has 1 unspecified atom stereocenters. The highest BCUT2D eigenvalue weighted by Crippen LogP contribution is 2.25. The first-order valence-electron chi connectivity index (χ1n) is 4.05. The molecule has 1 heterocycles. The number of aromatic amines is 1. The Morgan fingerprint density at radius 2 is 2.29 bits per heavy atom. The lowest BCUT2D eigenvalue weighted by Gasteiger charge is -2.14. The van der Waals surface area contributed by atoms with Crippen LogP contribution in [-0.2, 0) is 0 Å². The van der Waals surface area contributed by atoms with E-state index in [1.54, 1.807) is 0 Å². The average Bonchev–Trinajstić information content (AvgIpc) is 2.56. The monoisotopic (exact) mass is 208 g/mol. The average molecular weight is 208 g/mol. The third kappa shape index (κ3) is 3.35. The number of nitrogens with one attached hydrogen (secondary N) is 2. The number of rotatable bonds is 4. The quantitative estimate of drug-likeness (QED) is 0.515. The Balaban J connectivity index is 2.49. The van der Waals surface area contributed by atoms with E-state index in [2.05, 4.69) is 15.4 Å². The molecule has 0 spiro atoms. The van der Waals surface area contributed by atoms with Crippen LogP contribution < -0.4 is 11.3 Å². The smallest absolute Gasteiger partial charge is 0.347 e. The van der Waals surface area contributed by atoms with Crippen molar-refractivity contribution in [1.29, 1.82) is 0 Å². The lowest BCUT2D eigenvalue weighted by atomic mass is 10.1. The van der Waals surface area contributed by atoms with Gasteiger partial charge < -0.3 is 4.98 Å². The van der Waals surface area contributed by atoms with Gasteiger partial charge >= 0.3 is 6.18 Å². The van der Waals surface area contributed by atoms with Gasteiger partial charge in [-0.1, -0.05) is 0 Å². The van der Waals surface area contributed by atoms with Gasteiger partial charge in [-0.3, -0.25) is 5.84 Å². The topological polar surface area (TPSA) is 66.7 Å². The van der Waals surface area contributed by atoms with Gasteiger partial charge in [-0.25, -0.2) is 10.4 Å². The summed E-state index contributed by atoms with van der Waals surface area (Å²) in [6, 6.07) is -0.591. The van der Waals surface area contributed by atoms with Gasteiger partial charge in [0, 0.05) is 18.8 Å². The third-order valence-corrected chi connectivity index (χ3v) is 1.77. The predicted octanol–water partition coefficient (Wildman–Crippen LogP) is 1.26. The zero-order chi connectivity index (χ0) is 10.6. The molecule has 0 amide bonds. The molecule has 7 heteroatoms. The molecular weight excluding hydrogens is 197 g/mol. The van der Waals surface area contributed by atoms with E-state index in [0.717, 1.165) is 0 Å². The molecule has 4 N–H and O–H groups in total. The third-order valence-electron chi connectivity index (χ3n) is 1.77. The van der Waals surface area contributed by atoms with Gasteiger partial charge in [-0.05, 0) is 6.42 Å². The van der Waals surface area contributed by atoms with Crippen LogP contribution in [0.4, 0.5) is 13.2 Å². The summed E-state index contributed by atoms with van der Waals surface area (Å²) < 4.78 is 35.7. The van der Waals surface area contributed by atoms with Crippen LogP contribution in [0.15, 0.2) is 12.4 Å². The van der Waals surface area contributed by atoms with Gasteiger partial charge in [0.05, 0.1) is 6.04 Å². The highest BCUT2D eigenvalue weighted by molar-refractivity contribution is 4.94. The molecule has 0 radical (unpaired) electrons. The molecule has 0 bridgehead atoms. The highest BCUT2D eigenvalue weighted by Gasteiger charge is 2.28. The predicted molar refractivity (Wildman–Crippen MR) is 43.9 cm³/mol. The summed E-state index contributed by atoms with van der Waals surface area (Å²) in [4.78, 5) is 6.53. The number of nitrogens with two attached hydrogens (primary N) is 1. The van der Waals surface area contributed by atoms with E-state index in [0.29, 0.717) is 5.82 Å². The van der Waals surface area contributed by atoms with Crippen molar-refractivity contribution < 1.29 is 13.2 Å². The van der Waals surface area contributed by atoms with Crippen molar-refractivity contribution in [3.05, 3.63) is 18.2 Å². The van der Waals surface area contributed by atoms with Crippen LogP contribution in [0.25, 0.3) is 0 Å². The molecule has 0 saturated carbocycles. The van der Waals surface area contributed by atoms with Crippen molar-refractivity contribution in [2.45, 2.75) is 25.1 Å². The van der Waals surface area contributed by atoms with E-state index in [4.69, 9.17) is 5.84 Å². The number of hydrogen-bond donors (Lipinski definition) is 3. The summed E-state index contributed by atoms with van der Waals surface area (Å²) in [6.45, 7) is 0. The molecule has 0 saturated heterocycles. The number of imidazole rings is 1. The van der Waals surface area contributed by atoms with Crippen LogP contribution in [0.3, 0.4) is 0 Å². The minimum atomic E-state index is -4.16. The summed E-state index contributed by atoms with van der Waals surface area (Å²) >= 11 is 0. The van der Waals surface area contributed by atoms with Gasteiger partial charge in [0.15, 0.2) is 0 Å². The normalized spacial score (nSPS) is 14.3. The molecule has 0 aliphatic rings. The maximum atomic E-state index is 11.9. The number of nitrogens with zero attached hydrogens (tertiary/aromatic N) is 1. The molecule has 1 rings (SSSR count). The summed E-state index contributed by atoms with van der Waals surface area (Å²) in [5.74, 6) is 5.53. The van der Waals surface area contributed by atoms with Crippen molar-refractivity contribution >= 4 is 0 Å². The zero-order valence-corrected chi connectivity index (χ0v) is 7.30. The fraction of sp³-hybridized carbons (Fsp3) is 0.571. The Labute approximate surface area is 78.7 Å². The van der Waals surface area contributed by atoms with Crippen molar-refractivity contribution in [2.75, 3.05) is 0 Å². The zero-order valence-electron chi connectivity index (χ0n) is 7.30. The highest BCUT2D eigenvalue weighted by atomic mass is 19.4. The van der Waals surface area contributed by atoms with E-state index >= 15 is 0 Å². The maximum Gasteiger partial charge on any atom is 0.389 e. The van der Waals surface area contributed by atoms with Gasteiger partial charge in [-0.2, -0.15) is 13.2 Å². The first-order valence-corrected chi connectivity index (χ1v) is 4.05. The molecule has 4 nitrogen and oxygen atoms in total. The summed E-state index contributed by atoms with van der Waals surface area (Å²) in [5, 5.41) is 0. The van der Waals surface area contributed by atoms with Crippen LogP contribution in [0.1, 0.15) is 24.7 Å². The second-order valence-electron chi connectivity index (χ2n) is 2.85. The van der Waals surface area contributed by atoms with Crippen LogP contribution in [0.5, 0.6) is 0 Å². The molecule has 0 aliphatic heterocycles. The van der Waals surface area contributed by atoms with Gasteiger partial charge in [0.1, 0.15) is 5.82 Å². The molecular formula is C7H11F3N4. The Bertz CT molecular complexity index is 256.